The summed E-state index contributed by atoms with van der Waals surface area (Å²) in [6.07, 6.45) is -0.186. The van der Waals surface area contributed by atoms with E-state index in [1.807, 2.05) is 19.0 Å². The number of hydrogen-bond acceptors (Lipinski definition) is 5. The maximum absolute atomic E-state index is 11.0. The Labute approximate surface area is 146 Å². The Morgan fingerprint density at radius 1 is 1.24 bits per heavy atom. The predicted molar refractivity (Wildman–Crippen MR) is 93.8 cm³/mol. The van der Waals surface area contributed by atoms with Gasteiger partial charge in [0.15, 0.2) is 5.75 Å². The first-order valence-electron chi connectivity index (χ1n) is 8.17. The van der Waals surface area contributed by atoms with Gasteiger partial charge in [-0.2, -0.15) is 0 Å². The SMILES string of the molecule is CN(C)c1ccc([C@H]2[NH2+]C[C@@H](COc3ccccc3[N+](=O)[O-])O2)cc1. The van der Waals surface area contributed by atoms with E-state index in [1.54, 1.807) is 18.2 Å². The van der Waals surface area contributed by atoms with Gasteiger partial charge < -0.3 is 19.7 Å². The van der Waals surface area contributed by atoms with Gasteiger partial charge in [0.2, 0.25) is 6.23 Å². The smallest absolute Gasteiger partial charge is 0.310 e. The first-order valence-corrected chi connectivity index (χ1v) is 8.17. The average molecular weight is 344 g/mol. The number of benzene rings is 2. The first-order chi connectivity index (χ1) is 12.0. The van der Waals surface area contributed by atoms with E-state index in [0.717, 1.165) is 17.8 Å². The fraction of sp³-hybridized carbons (Fsp3) is 0.333. The molecular weight excluding hydrogens is 322 g/mol. The molecule has 7 heteroatoms. The quantitative estimate of drug-likeness (QED) is 0.637. The summed E-state index contributed by atoms with van der Waals surface area (Å²) < 4.78 is 11.6. The Bertz CT molecular complexity index is 733. The van der Waals surface area contributed by atoms with Gasteiger partial charge in [-0.15, -0.1) is 0 Å². The molecule has 1 fully saturated rings. The van der Waals surface area contributed by atoms with E-state index in [0.29, 0.717) is 0 Å². The molecular formula is C18H22N3O4+. The summed E-state index contributed by atoms with van der Waals surface area (Å²) in [6, 6.07) is 14.6. The minimum atomic E-state index is -0.438. The Balaban J connectivity index is 1.57. The molecule has 0 unspecified atom stereocenters. The van der Waals surface area contributed by atoms with E-state index in [9.17, 15) is 10.1 Å². The molecule has 2 N–H and O–H groups in total. The van der Waals surface area contributed by atoms with E-state index < -0.39 is 4.92 Å². The Morgan fingerprint density at radius 2 is 1.96 bits per heavy atom. The summed E-state index contributed by atoms with van der Waals surface area (Å²) >= 11 is 0. The zero-order valence-electron chi connectivity index (χ0n) is 14.3. The second-order valence-corrected chi connectivity index (χ2v) is 6.17. The minimum Gasteiger partial charge on any atom is -0.484 e. The van der Waals surface area contributed by atoms with Crippen molar-refractivity contribution in [1.29, 1.82) is 0 Å². The third-order valence-electron chi connectivity index (χ3n) is 4.18. The molecule has 1 saturated heterocycles. The average Bonchev–Trinajstić information content (AvgIpc) is 3.09. The molecule has 7 nitrogen and oxygen atoms in total. The fourth-order valence-corrected chi connectivity index (χ4v) is 2.79. The van der Waals surface area contributed by atoms with Gasteiger partial charge in [0.25, 0.3) is 0 Å². The van der Waals surface area contributed by atoms with Gasteiger partial charge in [0.05, 0.1) is 4.92 Å². The number of quaternary nitrogens is 1. The molecule has 2 aromatic carbocycles. The van der Waals surface area contributed by atoms with Crippen molar-refractivity contribution >= 4 is 11.4 Å². The maximum atomic E-state index is 11.0. The molecule has 2 atom stereocenters. The van der Waals surface area contributed by atoms with Crippen LogP contribution in [0.1, 0.15) is 11.8 Å². The van der Waals surface area contributed by atoms with Crippen LogP contribution in [0.5, 0.6) is 5.75 Å². The number of ether oxygens (including phenoxy) is 2. The van der Waals surface area contributed by atoms with Crippen LogP contribution in [0.15, 0.2) is 48.5 Å². The van der Waals surface area contributed by atoms with Crippen molar-refractivity contribution in [3.8, 4) is 5.75 Å². The van der Waals surface area contributed by atoms with Gasteiger partial charge in [-0.1, -0.05) is 12.1 Å². The normalized spacial score (nSPS) is 19.6. The van der Waals surface area contributed by atoms with Crippen LogP contribution in [0.3, 0.4) is 0 Å². The molecule has 2 aromatic rings. The zero-order valence-corrected chi connectivity index (χ0v) is 14.3. The molecule has 132 valence electrons. The highest BCUT2D eigenvalue weighted by atomic mass is 16.6. The number of rotatable bonds is 6. The van der Waals surface area contributed by atoms with Gasteiger partial charge in [-0.05, 0) is 30.3 Å². The topological polar surface area (TPSA) is 81.5 Å². The van der Waals surface area contributed by atoms with Crippen molar-refractivity contribution in [2.24, 2.45) is 0 Å². The van der Waals surface area contributed by atoms with Crippen LogP contribution in [-0.2, 0) is 4.74 Å². The van der Waals surface area contributed by atoms with Crippen molar-refractivity contribution in [3.05, 3.63) is 64.2 Å². The molecule has 0 saturated carbocycles. The fourth-order valence-electron chi connectivity index (χ4n) is 2.79. The van der Waals surface area contributed by atoms with Gasteiger partial charge in [0.1, 0.15) is 19.3 Å². The number of nitro groups is 1. The van der Waals surface area contributed by atoms with E-state index in [2.05, 4.69) is 29.6 Å². The Kier molecular flexibility index (Phi) is 5.16. The van der Waals surface area contributed by atoms with Gasteiger partial charge in [-0.3, -0.25) is 10.1 Å². The van der Waals surface area contributed by atoms with Crippen LogP contribution in [0.4, 0.5) is 11.4 Å². The van der Waals surface area contributed by atoms with Crippen molar-refractivity contribution in [2.75, 3.05) is 32.1 Å². The summed E-state index contributed by atoms with van der Waals surface area (Å²) in [5, 5.41) is 13.1. The first kappa shape index (κ1) is 17.2. The van der Waals surface area contributed by atoms with Gasteiger partial charge in [0, 0.05) is 31.4 Å². The molecule has 0 bridgehead atoms. The van der Waals surface area contributed by atoms with Crippen LogP contribution >= 0.6 is 0 Å². The largest absolute Gasteiger partial charge is 0.484 e. The number of anilines is 1. The highest BCUT2D eigenvalue weighted by molar-refractivity contribution is 5.46. The van der Waals surface area contributed by atoms with Crippen LogP contribution < -0.4 is 15.0 Å². The molecule has 0 spiro atoms. The number of nitrogens with zero attached hydrogens (tertiary/aromatic N) is 2. The summed E-state index contributed by atoms with van der Waals surface area (Å²) in [7, 11) is 4.01. The van der Waals surface area contributed by atoms with E-state index in [1.165, 1.54) is 6.07 Å². The second kappa shape index (κ2) is 7.50. The monoisotopic (exact) mass is 344 g/mol. The minimum absolute atomic E-state index is 0.0275. The summed E-state index contributed by atoms with van der Waals surface area (Å²) in [5.41, 5.74) is 2.21. The standard InChI is InChI=1S/C18H21N3O4/c1-20(2)14-9-7-13(8-10-14)18-19-11-15(25-18)12-24-17-6-4-3-5-16(17)21(22)23/h3-10,15,18-19H,11-12H2,1-2H3/p+1/t15-,18-/m0/s1. The van der Waals surface area contributed by atoms with Gasteiger partial charge >= 0.3 is 5.69 Å². The molecule has 3 rings (SSSR count). The molecule has 25 heavy (non-hydrogen) atoms. The molecule has 1 aliphatic heterocycles. The Hall–Kier alpha value is -2.64. The van der Waals surface area contributed by atoms with Crippen LogP contribution in [0.2, 0.25) is 0 Å². The van der Waals surface area contributed by atoms with Crippen LogP contribution in [-0.4, -0.2) is 38.3 Å². The lowest BCUT2D eigenvalue weighted by Gasteiger charge is -2.14. The highest BCUT2D eigenvalue weighted by Crippen LogP contribution is 2.26. The maximum Gasteiger partial charge on any atom is 0.310 e. The lowest BCUT2D eigenvalue weighted by molar-refractivity contribution is -0.697. The number of nitro benzene ring substituents is 1. The third-order valence-corrected chi connectivity index (χ3v) is 4.18. The number of nitrogens with two attached hydrogens (primary N) is 1. The summed E-state index contributed by atoms with van der Waals surface area (Å²) in [6.45, 7) is 1.04. The van der Waals surface area contributed by atoms with Crippen molar-refractivity contribution in [1.82, 2.24) is 0 Å². The highest BCUT2D eigenvalue weighted by Gasteiger charge is 2.31. The second-order valence-electron chi connectivity index (χ2n) is 6.17. The van der Waals surface area contributed by atoms with Crippen molar-refractivity contribution in [3.63, 3.8) is 0 Å². The number of hydrogen-bond donors (Lipinski definition) is 1. The lowest BCUT2D eigenvalue weighted by Crippen LogP contribution is -2.82. The molecule has 0 aromatic heterocycles. The van der Waals surface area contributed by atoms with E-state index >= 15 is 0 Å². The number of para-hydroxylation sites is 2. The molecule has 0 amide bonds. The lowest BCUT2D eigenvalue weighted by atomic mass is 10.2. The predicted octanol–water partition coefficient (Wildman–Crippen LogP) is 1.70. The zero-order chi connectivity index (χ0) is 17.8. The van der Waals surface area contributed by atoms with E-state index in [4.69, 9.17) is 9.47 Å². The third kappa shape index (κ3) is 4.07. The van der Waals surface area contributed by atoms with E-state index in [-0.39, 0.29) is 30.4 Å². The molecule has 0 radical (unpaired) electrons. The molecule has 0 aliphatic carbocycles. The van der Waals surface area contributed by atoms with Crippen molar-refractivity contribution in [2.45, 2.75) is 12.3 Å². The van der Waals surface area contributed by atoms with Crippen molar-refractivity contribution < 1.29 is 19.7 Å². The summed E-state index contributed by atoms with van der Waals surface area (Å²) in [4.78, 5) is 12.6. The molecule has 1 aliphatic rings. The van der Waals surface area contributed by atoms with Crippen LogP contribution in [0, 0.1) is 10.1 Å². The summed E-state index contributed by atoms with van der Waals surface area (Å²) in [5.74, 6) is 0.273. The van der Waals surface area contributed by atoms with Crippen LogP contribution in [0.25, 0.3) is 0 Å². The molecule has 1 heterocycles. The van der Waals surface area contributed by atoms with Gasteiger partial charge in [-0.25, -0.2) is 0 Å². The Morgan fingerprint density at radius 3 is 2.64 bits per heavy atom.